The molecule has 0 unspecified atom stereocenters. The van der Waals surface area contributed by atoms with Crippen molar-refractivity contribution in [1.82, 2.24) is 30.3 Å². The van der Waals surface area contributed by atoms with Gasteiger partial charge in [0.15, 0.2) is 0 Å². The van der Waals surface area contributed by atoms with E-state index in [4.69, 9.17) is 0 Å². The highest BCUT2D eigenvalue weighted by Gasteiger charge is 2.06. The van der Waals surface area contributed by atoms with Crippen LogP contribution in [0.2, 0.25) is 0 Å². The molecule has 106 valence electrons. The maximum atomic E-state index is 11.8. The number of nitrogens with zero attached hydrogens (tertiary/aromatic N) is 5. The van der Waals surface area contributed by atoms with Gasteiger partial charge in [0.2, 0.25) is 0 Å². The molecule has 0 spiro atoms. The highest BCUT2D eigenvalue weighted by molar-refractivity contribution is 5.91. The summed E-state index contributed by atoms with van der Waals surface area (Å²) in [6.45, 7) is 4.00. The predicted octanol–water partition coefficient (Wildman–Crippen LogP) is 0.320. The smallest absolute Gasteiger partial charge is 0.271 e. The lowest BCUT2D eigenvalue weighted by atomic mass is 10.3. The van der Waals surface area contributed by atoms with Crippen LogP contribution < -0.4 is 10.6 Å². The summed E-state index contributed by atoms with van der Waals surface area (Å²) in [6.07, 6.45) is 7.20. The SMILES string of the molecule is CCNc1cnc(C(=O)NCCCn2ccnn2)cn1. The first-order valence-electron chi connectivity index (χ1n) is 6.48. The Balaban J connectivity index is 1.73. The third kappa shape index (κ3) is 4.01. The number of carbonyl (C=O) groups is 1. The summed E-state index contributed by atoms with van der Waals surface area (Å²) >= 11 is 0. The van der Waals surface area contributed by atoms with Crippen LogP contribution in [0.1, 0.15) is 23.8 Å². The minimum absolute atomic E-state index is 0.223. The molecule has 0 atom stereocenters. The van der Waals surface area contributed by atoms with Crippen LogP contribution in [0, 0.1) is 0 Å². The molecular weight excluding hydrogens is 258 g/mol. The van der Waals surface area contributed by atoms with Gasteiger partial charge in [0.25, 0.3) is 5.91 Å². The summed E-state index contributed by atoms with van der Waals surface area (Å²) in [5, 5.41) is 13.4. The van der Waals surface area contributed by atoms with E-state index in [9.17, 15) is 4.79 Å². The average Bonchev–Trinajstić information content (AvgIpc) is 2.98. The van der Waals surface area contributed by atoms with Gasteiger partial charge in [0, 0.05) is 25.8 Å². The van der Waals surface area contributed by atoms with Gasteiger partial charge < -0.3 is 10.6 Å². The second-order valence-corrected chi connectivity index (χ2v) is 4.09. The van der Waals surface area contributed by atoms with Crippen LogP contribution in [0.4, 0.5) is 5.82 Å². The standard InChI is InChI=1S/C12H17N7O/c1-2-13-11-9-15-10(8-16-11)12(20)14-4-3-6-19-7-5-17-18-19/h5,7-9H,2-4,6H2,1H3,(H,13,16)(H,14,20). The first-order chi connectivity index (χ1) is 9.79. The Hall–Kier alpha value is -2.51. The molecule has 2 aromatic rings. The molecule has 0 saturated heterocycles. The van der Waals surface area contributed by atoms with Gasteiger partial charge in [0.05, 0.1) is 18.6 Å². The van der Waals surface area contributed by atoms with Crippen LogP contribution >= 0.6 is 0 Å². The first kappa shape index (κ1) is 13.9. The molecule has 8 heteroatoms. The van der Waals surface area contributed by atoms with E-state index in [1.165, 1.54) is 6.20 Å². The number of anilines is 1. The molecule has 2 heterocycles. The van der Waals surface area contributed by atoms with E-state index in [2.05, 4.69) is 30.9 Å². The van der Waals surface area contributed by atoms with Gasteiger partial charge >= 0.3 is 0 Å². The van der Waals surface area contributed by atoms with Crippen molar-refractivity contribution in [1.29, 1.82) is 0 Å². The van der Waals surface area contributed by atoms with Crippen molar-refractivity contribution in [3.63, 3.8) is 0 Å². The molecule has 0 aliphatic rings. The quantitative estimate of drug-likeness (QED) is 0.706. The molecule has 8 nitrogen and oxygen atoms in total. The molecule has 2 rings (SSSR count). The molecular formula is C12H17N7O. The number of amides is 1. The largest absolute Gasteiger partial charge is 0.369 e. The molecule has 0 aliphatic carbocycles. The second-order valence-electron chi connectivity index (χ2n) is 4.09. The van der Waals surface area contributed by atoms with Crippen LogP contribution in [0.3, 0.4) is 0 Å². The van der Waals surface area contributed by atoms with Crippen LogP contribution in [0.25, 0.3) is 0 Å². The summed E-state index contributed by atoms with van der Waals surface area (Å²) in [5.41, 5.74) is 0.312. The fourth-order valence-electron chi connectivity index (χ4n) is 1.60. The molecule has 0 radical (unpaired) electrons. The first-order valence-corrected chi connectivity index (χ1v) is 6.48. The number of hydrogen-bond donors (Lipinski definition) is 2. The van der Waals surface area contributed by atoms with Crippen molar-refractivity contribution >= 4 is 11.7 Å². The molecule has 0 bridgehead atoms. The Morgan fingerprint density at radius 2 is 2.25 bits per heavy atom. The van der Waals surface area contributed by atoms with E-state index in [-0.39, 0.29) is 5.91 Å². The zero-order chi connectivity index (χ0) is 14.2. The van der Waals surface area contributed by atoms with E-state index in [1.54, 1.807) is 23.3 Å². The van der Waals surface area contributed by atoms with Crippen LogP contribution in [-0.4, -0.2) is 44.0 Å². The Kier molecular flexibility index (Phi) is 4.99. The van der Waals surface area contributed by atoms with Crippen molar-refractivity contribution in [2.24, 2.45) is 0 Å². The van der Waals surface area contributed by atoms with Crippen LogP contribution in [-0.2, 0) is 6.54 Å². The lowest BCUT2D eigenvalue weighted by Crippen LogP contribution is -2.26. The van der Waals surface area contributed by atoms with E-state index < -0.39 is 0 Å². The maximum absolute atomic E-state index is 11.8. The van der Waals surface area contributed by atoms with Gasteiger partial charge in [-0.05, 0) is 13.3 Å². The lowest BCUT2D eigenvalue weighted by Gasteiger charge is -2.05. The van der Waals surface area contributed by atoms with Gasteiger partial charge in [-0.2, -0.15) is 0 Å². The molecule has 0 aromatic carbocycles. The summed E-state index contributed by atoms with van der Waals surface area (Å²) < 4.78 is 1.72. The maximum Gasteiger partial charge on any atom is 0.271 e. The van der Waals surface area contributed by atoms with Crippen molar-refractivity contribution in [3.8, 4) is 0 Å². The van der Waals surface area contributed by atoms with Crippen LogP contribution in [0.5, 0.6) is 0 Å². The number of aromatic nitrogens is 5. The fraction of sp³-hybridized carbons (Fsp3) is 0.417. The normalized spacial score (nSPS) is 10.2. The number of aryl methyl sites for hydroxylation is 1. The van der Waals surface area contributed by atoms with Gasteiger partial charge in [-0.1, -0.05) is 5.21 Å². The Morgan fingerprint density at radius 3 is 2.90 bits per heavy atom. The van der Waals surface area contributed by atoms with E-state index in [0.717, 1.165) is 13.0 Å². The summed E-state index contributed by atoms with van der Waals surface area (Å²) in [6, 6.07) is 0. The summed E-state index contributed by atoms with van der Waals surface area (Å²) in [5.74, 6) is 0.439. The molecule has 0 saturated carbocycles. The molecule has 1 amide bonds. The van der Waals surface area contributed by atoms with Gasteiger partial charge in [-0.15, -0.1) is 5.10 Å². The van der Waals surface area contributed by atoms with Crippen molar-refractivity contribution in [3.05, 3.63) is 30.5 Å². The molecule has 0 aliphatic heterocycles. The average molecular weight is 275 g/mol. The molecule has 0 fully saturated rings. The highest BCUT2D eigenvalue weighted by Crippen LogP contribution is 2.00. The highest BCUT2D eigenvalue weighted by atomic mass is 16.1. The second kappa shape index (κ2) is 7.17. The zero-order valence-electron chi connectivity index (χ0n) is 11.3. The third-order valence-corrected chi connectivity index (χ3v) is 2.56. The van der Waals surface area contributed by atoms with E-state index in [0.29, 0.717) is 24.6 Å². The number of rotatable bonds is 7. The Labute approximate surface area is 116 Å². The number of hydrogen-bond acceptors (Lipinski definition) is 6. The zero-order valence-corrected chi connectivity index (χ0v) is 11.3. The van der Waals surface area contributed by atoms with E-state index in [1.807, 2.05) is 6.92 Å². The topological polar surface area (TPSA) is 97.6 Å². The summed E-state index contributed by atoms with van der Waals surface area (Å²) in [4.78, 5) is 20.0. The number of carbonyl (C=O) groups excluding carboxylic acids is 1. The van der Waals surface area contributed by atoms with Gasteiger partial charge in [-0.25, -0.2) is 9.97 Å². The monoisotopic (exact) mass is 275 g/mol. The van der Waals surface area contributed by atoms with Crippen molar-refractivity contribution in [2.75, 3.05) is 18.4 Å². The van der Waals surface area contributed by atoms with Crippen molar-refractivity contribution in [2.45, 2.75) is 19.9 Å². The molecule has 2 N–H and O–H groups in total. The minimum Gasteiger partial charge on any atom is -0.369 e. The van der Waals surface area contributed by atoms with Gasteiger partial charge in [0.1, 0.15) is 11.5 Å². The Morgan fingerprint density at radius 1 is 1.35 bits per heavy atom. The number of nitrogens with one attached hydrogen (secondary N) is 2. The Bertz CT molecular complexity index is 523. The van der Waals surface area contributed by atoms with Crippen LogP contribution in [0.15, 0.2) is 24.8 Å². The van der Waals surface area contributed by atoms with E-state index >= 15 is 0 Å². The van der Waals surface area contributed by atoms with Crippen molar-refractivity contribution < 1.29 is 4.79 Å². The molecule has 20 heavy (non-hydrogen) atoms. The predicted molar refractivity (Wildman–Crippen MR) is 73.2 cm³/mol. The third-order valence-electron chi connectivity index (χ3n) is 2.56. The minimum atomic E-state index is -0.223. The fourth-order valence-corrected chi connectivity index (χ4v) is 1.60. The summed E-state index contributed by atoms with van der Waals surface area (Å²) in [7, 11) is 0. The molecule has 2 aromatic heterocycles. The lowest BCUT2D eigenvalue weighted by molar-refractivity contribution is 0.0947. The van der Waals surface area contributed by atoms with Gasteiger partial charge in [-0.3, -0.25) is 9.48 Å².